The minimum atomic E-state index is 0.577. The monoisotopic (exact) mass is 292 g/mol. The molecule has 3 heterocycles. The van der Waals surface area contributed by atoms with Gasteiger partial charge in [0.05, 0.1) is 6.10 Å². The molecule has 4 aliphatic rings. The van der Waals surface area contributed by atoms with Crippen molar-refractivity contribution in [3.8, 4) is 0 Å². The summed E-state index contributed by atoms with van der Waals surface area (Å²) in [6.07, 6.45) is 13.0. The van der Waals surface area contributed by atoms with Gasteiger partial charge >= 0.3 is 0 Å². The maximum Gasteiger partial charge on any atom is 0.0759 e. The summed E-state index contributed by atoms with van der Waals surface area (Å²) in [5.41, 5.74) is 0. The number of nitrogens with zero attached hydrogens (tertiary/aromatic N) is 1. The quantitative estimate of drug-likeness (QED) is 0.843. The lowest BCUT2D eigenvalue weighted by atomic mass is 9.79. The fourth-order valence-electron chi connectivity index (χ4n) is 5.27. The summed E-state index contributed by atoms with van der Waals surface area (Å²) >= 11 is 0. The summed E-state index contributed by atoms with van der Waals surface area (Å²) in [6, 6.07) is 3.19. The van der Waals surface area contributed by atoms with E-state index in [1.807, 2.05) is 0 Å². The zero-order chi connectivity index (χ0) is 14.2. The van der Waals surface area contributed by atoms with Gasteiger partial charge in [0, 0.05) is 30.8 Å². The van der Waals surface area contributed by atoms with Crippen molar-refractivity contribution in [2.75, 3.05) is 13.2 Å². The molecule has 2 bridgehead atoms. The molecule has 0 aromatic heterocycles. The van der Waals surface area contributed by atoms with Crippen molar-refractivity contribution >= 4 is 0 Å². The van der Waals surface area contributed by atoms with Crippen molar-refractivity contribution < 1.29 is 4.74 Å². The number of ether oxygens (including phenoxy) is 1. The molecule has 0 aromatic carbocycles. The SMILES string of the molecule is CCCNC1CC2CCCC(C1)N2C1CCOC1C1CC1. The number of hydrogen-bond donors (Lipinski definition) is 1. The summed E-state index contributed by atoms with van der Waals surface area (Å²) in [5, 5.41) is 3.80. The maximum absolute atomic E-state index is 6.14. The van der Waals surface area contributed by atoms with E-state index in [2.05, 4.69) is 17.1 Å². The Labute approximate surface area is 129 Å². The van der Waals surface area contributed by atoms with Crippen molar-refractivity contribution in [2.24, 2.45) is 5.92 Å². The van der Waals surface area contributed by atoms with Crippen LogP contribution in [0.4, 0.5) is 0 Å². The number of hydrogen-bond acceptors (Lipinski definition) is 3. The van der Waals surface area contributed by atoms with Gasteiger partial charge in [-0.3, -0.25) is 4.90 Å². The maximum atomic E-state index is 6.14. The lowest BCUT2D eigenvalue weighted by Gasteiger charge is -2.52. The standard InChI is InChI=1S/C18H32N2O/c1-2-9-19-14-11-15-4-3-5-16(12-14)20(15)17-8-10-21-18(17)13-6-7-13/h13-19H,2-12H2,1H3. The second-order valence-electron chi connectivity index (χ2n) is 7.84. The predicted octanol–water partition coefficient (Wildman–Crippen LogP) is 2.94. The molecular weight excluding hydrogens is 260 g/mol. The van der Waals surface area contributed by atoms with Crippen LogP contribution in [-0.4, -0.2) is 48.3 Å². The van der Waals surface area contributed by atoms with E-state index in [-0.39, 0.29) is 0 Å². The van der Waals surface area contributed by atoms with Gasteiger partial charge in [0.1, 0.15) is 0 Å². The molecule has 0 radical (unpaired) electrons. The first-order valence-corrected chi connectivity index (χ1v) is 9.49. The fourth-order valence-corrected chi connectivity index (χ4v) is 5.27. The van der Waals surface area contributed by atoms with Gasteiger partial charge in [-0.05, 0) is 63.8 Å². The molecule has 4 atom stereocenters. The fraction of sp³-hybridized carbons (Fsp3) is 1.00. The van der Waals surface area contributed by atoms with Crippen molar-refractivity contribution in [3.63, 3.8) is 0 Å². The van der Waals surface area contributed by atoms with Crippen molar-refractivity contribution in [3.05, 3.63) is 0 Å². The molecule has 3 saturated heterocycles. The highest BCUT2D eigenvalue weighted by molar-refractivity contribution is 5.03. The molecule has 4 unspecified atom stereocenters. The molecule has 120 valence electrons. The Morgan fingerprint density at radius 2 is 1.81 bits per heavy atom. The Bertz CT molecular complexity index is 343. The zero-order valence-corrected chi connectivity index (χ0v) is 13.6. The van der Waals surface area contributed by atoms with Gasteiger partial charge in [0.15, 0.2) is 0 Å². The third-order valence-electron chi connectivity index (χ3n) is 6.29. The molecule has 0 spiro atoms. The highest BCUT2D eigenvalue weighted by Gasteiger charge is 2.49. The lowest BCUT2D eigenvalue weighted by molar-refractivity contribution is -0.0426. The zero-order valence-electron chi connectivity index (χ0n) is 13.6. The minimum absolute atomic E-state index is 0.577. The second kappa shape index (κ2) is 6.17. The number of nitrogens with one attached hydrogen (secondary N) is 1. The molecule has 21 heavy (non-hydrogen) atoms. The molecular formula is C18H32N2O. The van der Waals surface area contributed by atoms with Gasteiger partial charge in [0.2, 0.25) is 0 Å². The average Bonchev–Trinajstić information content (AvgIpc) is 3.22. The first kappa shape index (κ1) is 14.5. The van der Waals surface area contributed by atoms with Crippen LogP contribution in [-0.2, 0) is 4.74 Å². The van der Waals surface area contributed by atoms with Gasteiger partial charge in [-0.1, -0.05) is 13.3 Å². The van der Waals surface area contributed by atoms with Crippen LogP contribution >= 0.6 is 0 Å². The molecule has 3 heteroatoms. The molecule has 0 amide bonds. The Morgan fingerprint density at radius 1 is 1.05 bits per heavy atom. The Hall–Kier alpha value is -0.120. The first-order chi connectivity index (χ1) is 10.4. The highest BCUT2D eigenvalue weighted by Crippen LogP contribution is 2.44. The van der Waals surface area contributed by atoms with Gasteiger partial charge in [-0.25, -0.2) is 0 Å². The number of rotatable bonds is 5. The molecule has 3 nitrogen and oxygen atoms in total. The summed E-state index contributed by atoms with van der Waals surface area (Å²) in [5.74, 6) is 0.897. The van der Waals surface area contributed by atoms with Gasteiger partial charge in [-0.15, -0.1) is 0 Å². The second-order valence-corrected chi connectivity index (χ2v) is 7.84. The Morgan fingerprint density at radius 3 is 2.48 bits per heavy atom. The average molecular weight is 292 g/mol. The van der Waals surface area contributed by atoms with Crippen LogP contribution in [0.2, 0.25) is 0 Å². The largest absolute Gasteiger partial charge is 0.376 e. The van der Waals surface area contributed by atoms with Crippen LogP contribution in [0.1, 0.15) is 64.7 Å². The van der Waals surface area contributed by atoms with Gasteiger partial charge in [0.25, 0.3) is 0 Å². The van der Waals surface area contributed by atoms with Crippen LogP contribution in [0.25, 0.3) is 0 Å². The van der Waals surface area contributed by atoms with Crippen molar-refractivity contribution in [2.45, 2.75) is 95.0 Å². The van der Waals surface area contributed by atoms with E-state index in [1.165, 1.54) is 64.3 Å². The molecule has 4 rings (SSSR count). The normalized spacial score (nSPS) is 44.1. The van der Waals surface area contributed by atoms with Gasteiger partial charge < -0.3 is 10.1 Å². The van der Waals surface area contributed by atoms with E-state index >= 15 is 0 Å². The summed E-state index contributed by atoms with van der Waals surface area (Å²) in [7, 11) is 0. The van der Waals surface area contributed by atoms with E-state index in [0.29, 0.717) is 6.10 Å². The van der Waals surface area contributed by atoms with E-state index in [9.17, 15) is 0 Å². The van der Waals surface area contributed by atoms with Crippen LogP contribution in [0.3, 0.4) is 0 Å². The molecule has 1 aliphatic carbocycles. The Balaban J connectivity index is 1.45. The van der Waals surface area contributed by atoms with E-state index < -0.39 is 0 Å². The third-order valence-corrected chi connectivity index (χ3v) is 6.29. The van der Waals surface area contributed by atoms with Crippen LogP contribution in [0, 0.1) is 5.92 Å². The number of piperidine rings is 2. The summed E-state index contributed by atoms with van der Waals surface area (Å²) in [6.45, 7) is 4.49. The van der Waals surface area contributed by atoms with E-state index in [1.54, 1.807) is 0 Å². The Kier molecular flexibility index (Phi) is 4.25. The van der Waals surface area contributed by atoms with Crippen LogP contribution < -0.4 is 5.32 Å². The van der Waals surface area contributed by atoms with Crippen molar-refractivity contribution in [1.29, 1.82) is 0 Å². The topological polar surface area (TPSA) is 24.5 Å². The molecule has 4 fully saturated rings. The number of fused-ring (bicyclic) bond motifs is 2. The van der Waals surface area contributed by atoms with Crippen molar-refractivity contribution in [1.82, 2.24) is 10.2 Å². The van der Waals surface area contributed by atoms with Gasteiger partial charge in [-0.2, -0.15) is 0 Å². The molecule has 3 aliphatic heterocycles. The molecule has 1 saturated carbocycles. The van der Waals surface area contributed by atoms with Crippen LogP contribution in [0.15, 0.2) is 0 Å². The smallest absolute Gasteiger partial charge is 0.0759 e. The van der Waals surface area contributed by atoms with E-state index in [4.69, 9.17) is 4.74 Å². The predicted molar refractivity (Wildman–Crippen MR) is 85.5 cm³/mol. The highest BCUT2D eigenvalue weighted by atomic mass is 16.5. The summed E-state index contributed by atoms with van der Waals surface area (Å²) in [4.78, 5) is 2.95. The minimum Gasteiger partial charge on any atom is -0.376 e. The third kappa shape index (κ3) is 2.89. The summed E-state index contributed by atoms with van der Waals surface area (Å²) < 4.78 is 6.14. The lowest BCUT2D eigenvalue weighted by Crippen LogP contribution is -2.61. The van der Waals surface area contributed by atoms with E-state index in [0.717, 1.165) is 36.7 Å². The molecule has 1 N–H and O–H groups in total. The first-order valence-electron chi connectivity index (χ1n) is 9.49. The molecule has 0 aromatic rings. The van der Waals surface area contributed by atoms with Crippen LogP contribution in [0.5, 0.6) is 0 Å².